The smallest absolute Gasteiger partial charge is 0.293 e. The van der Waals surface area contributed by atoms with Gasteiger partial charge in [0.25, 0.3) is 5.69 Å². The van der Waals surface area contributed by atoms with Crippen molar-refractivity contribution in [2.24, 2.45) is 5.84 Å². The van der Waals surface area contributed by atoms with Crippen molar-refractivity contribution in [3.05, 3.63) is 40.5 Å². The molecule has 0 amide bonds. The predicted octanol–water partition coefficient (Wildman–Crippen LogP) is -0.523. The van der Waals surface area contributed by atoms with Crippen molar-refractivity contribution in [1.29, 1.82) is 0 Å². The number of nitrogens with two attached hydrogens (primary N) is 1. The van der Waals surface area contributed by atoms with Crippen molar-refractivity contribution in [3.8, 4) is 0 Å². The van der Waals surface area contributed by atoms with Crippen molar-refractivity contribution in [2.75, 3.05) is 5.43 Å². The number of hydrazine groups is 1. The number of H-pyrrole nitrogens is 1. The van der Waals surface area contributed by atoms with Crippen LogP contribution in [0.25, 0.3) is 0 Å². The molecule has 5 N–H and O–H groups in total. The molecule has 0 aliphatic rings. The van der Waals surface area contributed by atoms with Crippen LogP contribution in [0.5, 0.6) is 0 Å². The molecule has 0 saturated heterocycles. The van der Waals surface area contributed by atoms with Gasteiger partial charge in [0.1, 0.15) is 17.8 Å². The van der Waals surface area contributed by atoms with Gasteiger partial charge < -0.3 is 5.43 Å². The molecule has 0 unspecified atom stereocenters. The van der Waals surface area contributed by atoms with Gasteiger partial charge in [-0.15, -0.1) is 0 Å². The normalized spacial score (nSPS) is 11.3. The highest BCUT2D eigenvalue weighted by Gasteiger charge is 2.20. The fourth-order valence-electron chi connectivity index (χ4n) is 1.52. The van der Waals surface area contributed by atoms with Crippen LogP contribution in [-0.4, -0.2) is 28.5 Å². The monoisotopic (exact) mass is 313 g/mol. The Hall–Kier alpha value is -2.57. The van der Waals surface area contributed by atoms with E-state index in [9.17, 15) is 18.5 Å². The van der Waals surface area contributed by atoms with E-state index in [4.69, 9.17) is 5.84 Å². The molecule has 21 heavy (non-hydrogen) atoms. The number of nitrogens with one attached hydrogen (secondary N) is 3. The summed E-state index contributed by atoms with van der Waals surface area (Å²) in [5.74, 6) is 5.49. The van der Waals surface area contributed by atoms with Crippen molar-refractivity contribution in [3.63, 3.8) is 0 Å². The molecule has 0 atom stereocenters. The Bertz CT molecular complexity index is 743. The van der Waals surface area contributed by atoms with Crippen LogP contribution in [0.1, 0.15) is 5.82 Å². The average Bonchev–Trinajstić information content (AvgIpc) is 2.97. The van der Waals surface area contributed by atoms with Crippen LogP contribution in [0.3, 0.4) is 0 Å². The lowest BCUT2D eigenvalue weighted by atomic mass is 10.3. The number of hydrogen-bond acceptors (Lipinski definition) is 8. The number of nitrogens with zero attached hydrogens (tertiary/aromatic N) is 3. The van der Waals surface area contributed by atoms with E-state index in [1.54, 1.807) is 0 Å². The molecule has 0 fully saturated rings. The van der Waals surface area contributed by atoms with E-state index in [0.29, 0.717) is 5.82 Å². The first kappa shape index (κ1) is 14.8. The second-order valence-electron chi connectivity index (χ2n) is 3.84. The van der Waals surface area contributed by atoms with Crippen LogP contribution in [0.2, 0.25) is 0 Å². The SMILES string of the molecule is NNc1cc(S(=O)(=O)NCc2ncn[nH]2)ccc1[N+](=O)[O-]. The molecule has 1 heterocycles. The third-order valence-corrected chi connectivity index (χ3v) is 3.92. The Labute approximate surface area is 118 Å². The fourth-order valence-corrected chi connectivity index (χ4v) is 2.53. The summed E-state index contributed by atoms with van der Waals surface area (Å²) in [7, 11) is -3.87. The van der Waals surface area contributed by atoms with Crippen molar-refractivity contribution in [1.82, 2.24) is 19.9 Å². The van der Waals surface area contributed by atoms with Crippen LogP contribution in [-0.2, 0) is 16.6 Å². The molecule has 112 valence electrons. The van der Waals surface area contributed by atoms with Crippen LogP contribution < -0.4 is 16.0 Å². The van der Waals surface area contributed by atoms with E-state index in [1.807, 2.05) is 0 Å². The molecule has 1 aromatic heterocycles. The van der Waals surface area contributed by atoms with Crippen molar-refractivity contribution < 1.29 is 13.3 Å². The van der Waals surface area contributed by atoms with E-state index in [-0.39, 0.29) is 22.8 Å². The summed E-state index contributed by atoms with van der Waals surface area (Å²) in [6, 6.07) is 3.24. The summed E-state index contributed by atoms with van der Waals surface area (Å²) >= 11 is 0. The summed E-state index contributed by atoms with van der Waals surface area (Å²) in [4.78, 5) is 13.7. The second kappa shape index (κ2) is 5.82. The average molecular weight is 313 g/mol. The summed E-state index contributed by atoms with van der Waals surface area (Å²) in [5, 5.41) is 16.8. The maximum Gasteiger partial charge on any atom is 0.293 e. The van der Waals surface area contributed by atoms with Crippen LogP contribution >= 0.6 is 0 Å². The maximum atomic E-state index is 12.1. The fraction of sp³-hybridized carbons (Fsp3) is 0.111. The van der Waals surface area contributed by atoms with Gasteiger partial charge in [-0.1, -0.05) is 0 Å². The Kier molecular flexibility index (Phi) is 4.11. The molecule has 0 radical (unpaired) electrons. The molecular weight excluding hydrogens is 302 g/mol. The molecule has 0 saturated carbocycles. The van der Waals surface area contributed by atoms with E-state index in [1.165, 1.54) is 6.33 Å². The summed E-state index contributed by atoms with van der Waals surface area (Å²) in [6.45, 7) is -0.0926. The van der Waals surface area contributed by atoms with Gasteiger partial charge in [0, 0.05) is 6.07 Å². The lowest BCUT2D eigenvalue weighted by Gasteiger charge is -2.07. The standard InChI is InChI=1S/C9H11N7O4S/c10-14-7-3-6(1-2-8(7)16(17)18)21(19,20)13-4-9-11-5-12-15-9/h1-3,5,13-14H,4,10H2,(H,11,12,15). The number of rotatable bonds is 6. The zero-order valence-electron chi connectivity index (χ0n) is 10.5. The quantitative estimate of drug-likeness (QED) is 0.313. The first-order valence-corrected chi connectivity index (χ1v) is 7.01. The van der Waals surface area contributed by atoms with Crippen LogP contribution in [0.4, 0.5) is 11.4 Å². The second-order valence-corrected chi connectivity index (χ2v) is 5.60. The number of aromatic nitrogens is 3. The van der Waals surface area contributed by atoms with Gasteiger partial charge in [-0.3, -0.25) is 21.1 Å². The Morgan fingerprint density at radius 2 is 2.19 bits per heavy atom. The molecule has 0 aliphatic carbocycles. The number of nitro groups is 1. The van der Waals surface area contributed by atoms with Gasteiger partial charge in [0.05, 0.1) is 16.4 Å². The highest BCUT2D eigenvalue weighted by atomic mass is 32.2. The molecule has 2 rings (SSSR count). The molecule has 1 aromatic carbocycles. The van der Waals surface area contributed by atoms with E-state index < -0.39 is 14.9 Å². The van der Waals surface area contributed by atoms with E-state index in [0.717, 1.165) is 18.2 Å². The highest BCUT2D eigenvalue weighted by Crippen LogP contribution is 2.26. The molecule has 0 aliphatic heterocycles. The number of hydrogen-bond donors (Lipinski definition) is 4. The van der Waals surface area contributed by atoms with Gasteiger partial charge in [0.2, 0.25) is 10.0 Å². The minimum absolute atomic E-state index is 0.0926. The van der Waals surface area contributed by atoms with Crippen molar-refractivity contribution >= 4 is 21.4 Å². The number of benzene rings is 1. The molecule has 0 spiro atoms. The Balaban J connectivity index is 2.25. The lowest BCUT2D eigenvalue weighted by Crippen LogP contribution is -2.24. The number of nitrogen functional groups attached to an aromatic ring is 1. The first-order chi connectivity index (χ1) is 9.94. The predicted molar refractivity (Wildman–Crippen MR) is 71.3 cm³/mol. The minimum atomic E-state index is -3.87. The third-order valence-electron chi connectivity index (χ3n) is 2.53. The highest BCUT2D eigenvalue weighted by molar-refractivity contribution is 7.89. The first-order valence-electron chi connectivity index (χ1n) is 5.53. The third kappa shape index (κ3) is 3.31. The summed E-state index contributed by atoms with van der Waals surface area (Å²) < 4.78 is 26.4. The number of anilines is 1. The number of nitro benzene ring substituents is 1. The van der Waals surface area contributed by atoms with E-state index >= 15 is 0 Å². The van der Waals surface area contributed by atoms with Gasteiger partial charge in [-0.05, 0) is 12.1 Å². The van der Waals surface area contributed by atoms with Gasteiger partial charge >= 0.3 is 0 Å². The number of aromatic amines is 1. The van der Waals surface area contributed by atoms with Crippen molar-refractivity contribution in [2.45, 2.75) is 11.4 Å². The van der Waals surface area contributed by atoms with Gasteiger partial charge in [-0.2, -0.15) is 5.10 Å². The molecular formula is C9H11N7O4S. The van der Waals surface area contributed by atoms with E-state index in [2.05, 4.69) is 25.3 Å². The maximum absolute atomic E-state index is 12.1. The van der Waals surface area contributed by atoms with Gasteiger partial charge in [0.15, 0.2) is 0 Å². The zero-order valence-corrected chi connectivity index (χ0v) is 11.3. The Morgan fingerprint density at radius 1 is 1.43 bits per heavy atom. The molecule has 11 nitrogen and oxygen atoms in total. The van der Waals surface area contributed by atoms with Crippen LogP contribution in [0, 0.1) is 10.1 Å². The topological polar surface area (TPSA) is 169 Å². The zero-order chi connectivity index (χ0) is 15.5. The molecule has 12 heteroatoms. The Morgan fingerprint density at radius 3 is 2.76 bits per heavy atom. The number of sulfonamides is 1. The molecule has 2 aromatic rings. The largest absolute Gasteiger partial charge is 0.318 e. The van der Waals surface area contributed by atoms with Crippen LogP contribution in [0.15, 0.2) is 29.4 Å². The summed E-state index contributed by atoms with van der Waals surface area (Å²) in [5.41, 5.74) is 1.66. The van der Waals surface area contributed by atoms with Gasteiger partial charge in [-0.25, -0.2) is 18.1 Å². The molecule has 0 bridgehead atoms. The summed E-state index contributed by atoms with van der Waals surface area (Å²) in [6.07, 6.45) is 1.24. The lowest BCUT2D eigenvalue weighted by molar-refractivity contribution is -0.384. The minimum Gasteiger partial charge on any atom is -0.318 e.